The number of anilines is 1. The normalized spacial score (nSPS) is 15.4. The zero-order valence-corrected chi connectivity index (χ0v) is 20.2. The summed E-state index contributed by atoms with van der Waals surface area (Å²) in [7, 11) is 0. The minimum atomic E-state index is -0.915. The van der Waals surface area contributed by atoms with Crippen molar-refractivity contribution in [2.24, 2.45) is 0 Å². The highest BCUT2D eigenvalue weighted by Gasteiger charge is 2.36. The van der Waals surface area contributed by atoms with Crippen LogP contribution in [-0.2, 0) is 9.59 Å². The fourth-order valence-corrected chi connectivity index (χ4v) is 4.86. The maximum atomic E-state index is 14.9. The Morgan fingerprint density at radius 1 is 1.12 bits per heavy atom. The number of amides is 2. The third kappa shape index (κ3) is 5.49. The average molecular weight is 479 g/mol. The maximum absolute atomic E-state index is 14.9. The number of benzene rings is 2. The first kappa shape index (κ1) is 25.1. The highest BCUT2D eigenvalue weighted by atomic mass is 32.2. The molecule has 0 saturated carbocycles. The number of rotatable bonds is 8. The summed E-state index contributed by atoms with van der Waals surface area (Å²) in [6.07, 6.45) is 0. The number of thioether (sulfide) groups is 1. The van der Waals surface area contributed by atoms with E-state index in [1.165, 1.54) is 17.8 Å². The Morgan fingerprint density at radius 2 is 1.76 bits per heavy atom. The fourth-order valence-electron chi connectivity index (χ4n) is 3.87. The number of carbonyl (C=O) groups is 2. The van der Waals surface area contributed by atoms with E-state index in [4.69, 9.17) is 0 Å². The van der Waals surface area contributed by atoms with Gasteiger partial charge < -0.3 is 15.5 Å². The van der Waals surface area contributed by atoms with Crippen LogP contribution in [0.3, 0.4) is 0 Å². The number of carbonyl (C=O) groups excluding carboxylic acids is 2. The average Bonchev–Trinajstić information content (AvgIpc) is 2.84. The summed E-state index contributed by atoms with van der Waals surface area (Å²) >= 11 is 1.19. The zero-order valence-electron chi connectivity index (χ0n) is 19.4. The molecule has 34 heavy (non-hydrogen) atoms. The van der Waals surface area contributed by atoms with Gasteiger partial charge in [0.2, 0.25) is 5.91 Å². The Bertz CT molecular complexity index is 1170. The van der Waals surface area contributed by atoms with E-state index in [-0.39, 0.29) is 28.4 Å². The van der Waals surface area contributed by atoms with Crippen LogP contribution in [0.4, 0.5) is 10.1 Å². The molecule has 1 aliphatic rings. The lowest BCUT2D eigenvalue weighted by Crippen LogP contribution is -2.33. The molecule has 0 bridgehead atoms. The number of halogens is 1. The second-order valence-electron chi connectivity index (χ2n) is 7.65. The van der Waals surface area contributed by atoms with E-state index >= 15 is 0 Å². The smallest absolute Gasteiger partial charge is 0.254 e. The van der Waals surface area contributed by atoms with Gasteiger partial charge in [0.05, 0.1) is 28.3 Å². The molecule has 176 valence electrons. The van der Waals surface area contributed by atoms with Gasteiger partial charge in [-0.05, 0) is 39.0 Å². The summed E-state index contributed by atoms with van der Waals surface area (Å²) < 4.78 is 14.9. The molecule has 2 aromatic rings. The Kier molecular flexibility index (Phi) is 8.50. The molecule has 2 aromatic carbocycles. The van der Waals surface area contributed by atoms with E-state index < -0.39 is 17.6 Å². The summed E-state index contributed by atoms with van der Waals surface area (Å²) in [6, 6.07) is 17.2. The lowest BCUT2D eigenvalue weighted by Gasteiger charge is -2.30. The van der Waals surface area contributed by atoms with Crippen molar-refractivity contribution in [2.45, 2.75) is 26.7 Å². The molecule has 1 heterocycles. The van der Waals surface area contributed by atoms with E-state index in [1.54, 1.807) is 54.3 Å². The van der Waals surface area contributed by atoms with Gasteiger partial charge in [-0.25, -0.2) is 4.39 Å². The number of nitriles is 1. The van der Waals surface area contributed by atoms with Crippen molar-refractivity contribution in [3.63, 3.8) is 0 Å². The van der Waals surface area contributed by atoms with Gasteiger partial charge in [0.15, 0.2) is 0 Å². The van der Waals surface area contributed by atoms with Crippen LogP contribution in [-0.4, -0.2) is 35.6 Å². The van der Waals surface area contributed by atoms with Gasteiger partial charge in [0.1, 0.15) is 5.82 Å². The number of hydrogen-bond donors (Lipinski definition) is 2. The van der Waals surface area contributed by atoms with Crippen LogP contribution in [0.2, 0.25) is 0 Å². The first-order valence-corrected chi connectivity index (χ1v) is 12.0. The van der Waals surface area contributed by atoms with Crippen molar-refractivity contribution in [1.29, 1.82) is 5.26 Å². The number of dihydropyridines is 1. The van der Waals surface area contributed by atoms with Crippen molar-refractivity contribution < 1.29 is 14.0 Å². The molecule has 1 aliphatic heterocycles. The molecule has 1 atom stereocenters. The van der Waals surface area contributed by atoms with E-state index in [0.717, 1.165) is 0 Å². The van der Waals surface area contributed by atoms with Gasteiger partial charge in [0, 0.05) is 35.6 Å². The van der Waals surface area contributed by atoms with Gasteiger partial charge in [0.25, 0.3) is 5.91 Å². The summed E-state index contributed by atoms with van der Waals surface area (Å²) in [6.45, 7) is 6.71. The molecule has 0 fully saturated rings. The molecule has 0 saturated heterocycles. The van der Waals surface area contributed by atoms with Crippen LogP contribution in [0.15, 0.2) is 76.5 Å². The summed E-state index contributed by atoms with van der Waals surface area (Å²) in [5.74, 6) is -1.79. The third-order valence-electron chi connectivity index (χ3n) is 5.60. The molecule has 0 aromatic heterocycles. The Balaban J connectivity index is 2.01. The zero-order chi connectivity index (χ0) is 24.7. The van der Waals surface area contributed by atoms with Crippen LogP contribution in [0.5, 0.6) is 0 Å². The van der Waals surface area contributed by atoms with Crippen molar-refractivity contribution in [1.82, 2.24) is 10.2 Å². The largest absolute Gasteiger partial charge is 0.353 e. The third-order valence-corrected chi connectivity index (χ3v) is 6.60. The molecular formula is C26H27FN4O2S. The second-order valence-corrected chi connectivity index (χ2v) is 8.63. The molecule has 3 rings (SSSR count). The predicted molar refractivity (Wildman–Crippen MR) is 133 cm³/mol. The van der Waals surface area contributed by atoms with Crippen LogP contribution >= 0.6 is 11.8 Å². The van der Waals surface area contributed by atoms with E-state index in [2.05, 4.69) is 16.7 Å². The summed E-state index contributed by atoms with van der Waals surface area (Å²) in [5.41, 5.74) is 1.77. The van der Waals surface area contributed by atoms with E-state index in [0.29, 0.717) is 29.5 Å². The molecule has 2 N–H and O–H groups in total. The Labute approximate surface area is 203 Å². The lowest BCUT2D eigenvalue weighted by atomic mass is 9.82. The highest BCUT2D eigenvalue weighted by Crippen LogP contribution is 2.41. The molecule has 0 spiro atoms. The Morgan fingerprint density at radius 3 is 2.38 bits per heavy atom. The van der Waals surface area contributed by atoms with E-state index in [9.17, 15) is 19.2 Å². The maximum Gasteiger partial charge on any atom is 0.254 e. The molecule has 8 heteroatoms. The van der Waals surface area contributed by atoms with Crippen LogP contribution in [0, 0.1) is 17.1 Å². The summed E-state index contributed by atoms with van der Waals surface area (Å²) in [4.78, 5) is 27.6. The first-order chi connectivity index (χ1) is 16.4. The SMILES string of the molecule is CCN(CC)C(=O)CSC1=C(C#N)[C@H](c2ccccc2F)C(C(=O)Nc2ccccc2)=C(C)N1. The number of hydrogen-bond acceptors (Lipinski definition) is 5. The second kappa shape index (κ2) is 11.5. The fraction of sp³-hybridized carbons (Fsp3) is 0.269. The molecule has 2 amide bonds. The van der Waals surface area contributed by atoms with Crippen molar-refractivity contribution in [3.8, 4) is 6.07 Å². The topological polar surface area (TPSA) is 85.2 Å². The molecule has 0 unspecified atom stereocenters. The lowest BCUT2D eigenvalue weighted by molar-refractivity contribution is -0.128. The molecule has 6 nitrogen and oxygen atoms in total. The van der Waals surface area contributed by atoms with Crippen LogP contribution in [0.1, 0.15) is 32.3 Å². The predicted octanol–water partition coefficient (Wildman–Crippen LogP) is 4.76. The van der Waals surface area contributed by atoms with Crippen molar-refractivity contribution in [3.05, 3.63) is 87.9 Å². The van der Waals surface area contributed by atoms with Gasteiger partial charge in [-0.2, -0.15) is 5.26 Å². The number of para-hydroxylation sites is 1. The van der Waals surface area contributed by atoms with Gasteiger partial charge in [-0.15, -0.1) is 0 Å². The first-order valence-electron chi connectivity index (χ1n) is 11.0. The van der Waals surface area contributed by atoms with Crippen molar-refractivity contribution >= 4 is 29.3 Å². The standard InChI is InChI=1S/C26H27FN4O2S/c1-4-31(5-2)22(32)16-34-26-20(15-28)24(19-13-9-10-14-21(19)27)23(17(3)29-26)25(33)30-18-11-7-6-8-12-18/h6-14,24,29H,4-5,16H2,1-3H3,(H,30,33)/t24-/m0/s1. The minimum absolute atomic E-state index is 0.0571. The molecule has 0 aliphatic carbocycles. The quantitative estimate of drug-likeness (QED) is 0.571. The van der Waals surface area contributed by atoms with Crippen molar-refractivity contribution in [2.75, 3.05) is 24.2 Å². The monoisotopic (exact) mass is 478 g/mol. The van der Waals surface area contributed by atoms with Crippen LogP contribution < -0.4 is 10.6 Å². The minimum Gasteiger partial charge on any atom is -0.353 e. The number of allylic oxidation sites excluding steroid dienone is 2. The van der Waals surface area contributed by atoms with Gasteiger partial charge >= 0.3 is 0 Å². The van der Waals surface area contributed by atoms with Gasteiger partial charge in [-0.1, -0.05) is 48.2 Å². The van der Waals surface area contributed by atoms with Gasteiger partial charge in [-0.3, -0.25) is 9.59 Å². The van der Waals surface area contributed by atoms with E-state index in [1.807, 2.05) is 19.9 Å². The summed E-state index contributed by atoms with van der Waals surface area (Å²) in [5, 5.41) is 16.5. The van der Waals surface area contributed by atoms with Crippen LogP contribution in [0.25, 0.3) is 0 Å². The molecule has 0 radical (unpaired) electrons. The number of nitrogens with zero attached hydrogens (tertiary/aromatic N) is 2. The number of nitrogens with one attached hydrogen (secondary N) is 2. The highest BCUT2D eigenvalue weighted by molar-refractivity contribution is 8.03. The molecular weight excluding hydrogens is 451 g/mol. The Hall–Kier alpha value is -3.57.